The summed E-state index contributed by atoms with van der Waals surface area (Å²) in [4.78, 5) is 19.4. The molecule has 1 aromatic heterocycles. The number of carbonyl (C=O) groups is 1. The van der Waals surface area contributed by atoms with Gasteiger partial charge in [0.2, 0.25) is 5.95 Å². The second-order valence-corrected chi connectivity index (χ2v) is 3.83. The monoisotopic (exact) mass is 282 g/mol. The van der Waals surface area contributed by atoms with Gasteiger partial charge in [0.1, 0.15) is 0 Å². The van der Waals surface area contributed by atoms with Crippen LogP contribution in [0, 0.1) is 0 Å². The molecule has 1 heterocycles. The van der Waals surface area contributed by atoms with Crippen LogP contribution in [-0.2, 0) is 6.18 Å². The highest BCUT2D eigenvalue weighted by atomic mass is 19.4. The number of carbonyl (C=O) groups excluding carboxylic acids is 1. The smallest absolute Gasteiger partial charge is 0.398 e. The van der Waals surface area contributed by atoms with E-state index in [0.717, 1.165) is 12.1 Å². The molecule has 0 fully saturated rings. The van der Waals surface area contributed by atoms with Gasteiger partial charge in [-0.25, -0.2) is 9.97 Å². The molecular weight excluding hydrogens is 273 g/mol. The summed E-state index contributed by atoms with van der Waals surface area (Å²) < 4.78 is 37.8. The number of anilines is 2. The summed E-state index contributed by atoms with van der Waals surface area (Å²) in [6, 6.07) is 4.07. The van der Waals surface area contributed by atoms with Crippen LogP contribution in [0.2, 0.25) is 0 Å². The van der Waals surface area contributed by atoms with E-state index in [9.17, 15) is 18.0 Å². The number of alkyl halides is 3. The first kappa shape index (κ1) is 13.8. The molecule has 104 valence electrons. The third-order valence-electron chi connectivity index (χ3n) is 2.42. The number of rotatable bonds is 2. The first-order valence-electron chi connectivity index (χ1n) is 5.43. The van der Waals surface area contributed by atoms with Crippen LogP contribution in [0.4, 0.5) is 24.8 Å². The molecule has 0 unspecified atom stereocenters. The fraction of sp³-hybridized carbons (Fsp3) is 0.0833. The summed E-state index contributed by atoms with van der Waals surface area (Å²) >= 11 is 0. The van der Waals surface area contributed by atoms with Crippen LogP contribution >= 0.6 is 0 Å². The molecule has 1 amide bonds. The Morgan fingerprint density at radius 1 is 1.20 bits per heavy atom. The zero-order valence-corrected chi connectivity index (χ0v) is 9.98. The van der Waals surface area contributed by atoms with Gasteiger partial charge in [0, 0.05) is 18.1 Å². The maximum atomic E-state index is 12.6. The molecule has 0 atom stereocenters. The van der Waals surface area contributed by atoms with E-state index in [1.807, 2.05) is 0 Å². The Morgan fingerprint density at radius 2 is 1.85 bits per heavy atom. The molecule has 1 aromatic carbocycles. The van der Waals surface area contributed by atoms with Gasteiger partial charge in [-0.2, -0.15) is 13.2 Å². The average Bonchev–Trinajstić information content (AvgIpc) is 2.39. The lowest BCUT2D eigenvalue weighted by atomic mass is 10.1. The number of hydrogen-bond acceptors (Lipinski definition) is 4. The SMILES string of the molecule is Nc1ccc(C(F)(F)F)cc1C(=O)Nc1ncccn1. The standard InChI is InChI=1S/C12H9F3N4O/c13-12(14,15)7-2-3-9(16)8(6-7)10(20)19-11-17-4-1-5-18-11/h1-6H,16H2,(H,17,18,19,20). The summed E-state index contributed by atoms with van der Waals surface area (Å²) in [6.45, 7) is 0. The average molecular weight is 282 g/mol. The van der Waals surface area contributed by atoms with Crippen molar-refractivity contribution < 1.29 is 18.0 Å². The van der Waals surface area contributed by atoms with Gasteiger partial charge in [-0.05, 0) is 24.3 Å². The molecule has 0 aliphatic heterocycles. The largest absolute Gasteiger partial charge is 0.416 e. The minimum atomic E-state index is -4.55. The van der Waals surface area contributed by atoms with Crippen molar-refractivity contribution in [3.63, 3.8) is 0 Å². The summed E-state index contributed by atoms with van der Waals surface area (Å²) in [5.74, 6) is -0.825. The maximum Gasteiger partial charge on any atom is 0.416 e. The number of nitrogen functional groups attached to an aromatic ring is 1. The number of halogens is 3. The van der Waals surface area contributed by atoms with E-state index in [1.165, 1.54) is 18.5 Å². The highest BCUT2D eigenvalue weighted by Gasteiger charge is 2.31. The van der Waals surface area contributed by atoms with E-state index in [-0.39, 0.29) is 17.2 Å². The molecule has 0 bridgehead atoms. The Bertz CT molecular complexity index is 628. The predicted molar refractivity (Wildman–Crippen MR) is 65.8 cm³/mol. The van der Waals surface area contributed by atoms with Gasteiger partial charge < -0.3 is 5.73 Å². The predicted octanol–water partition coefficient (Wildman–Crippen LogP) is 2.33. The third kappa shape index (κ3) is 3.02. The number of nitrogens with two attached hydrogens (primary N) is 1. The number of aromatic nitrogens is 2. The van der Waals surface area contributed by atoms with Crippen LogP contribution in [0.5, 0.6) is 0 Å². The van der Waals surface area contributed by atoms with Crippen LogP contribution < -0.4 is 11.1 Å². The van der Waals surface area contributed by atoms with Crippen LogP contribution in [0.1, 0.15) is 15.9 Å². The van der Waals surface area contributed by atoms with Crippen molar-refractivity contribution in [2.45, 2.75) is 6.18 Å². The maximum absolute atomic E-state index is 12.6. The van der Waals surface area contributed by atoms with Crippen LogP contribution in [0.25, 0.3) is 0 Å². The lowest BCUT2D eigenvalue weighted by Crippen LogP contribution is -2.17. The lowest BCUT2D eigenvalue weighted by molar-refractivity contribution is -0.137. The molecule has 0 aliphatic carbocycles. The number of benzene rings is 1. The van der Waals surface area contributed by atoms with Crippen molar-refractivity contribution in [2.24, 2.45) is 0 Å². The zero-order valence-electron chi connectivity index (χ0n) is 9.98. The molecule has 2 rings (SSSR count). The van der Waals surface area contributed by atoms with E-state index in [1.54, 1.807) is 0 Å². The topological polar surface area (TPSA) is 80.9 Å². The summed E-state index contributed by atoms with van der Waals surface area (Å²) in [5, 5.41) is 2.27. The van der Waals surface area contributed by atoms with Gasteiger partial charge in [-0.15, -0.1) is 0 Å². The van der Waals surface area contributed by atoms with E-state index in [4.69, 9.17) is 5.73 Å². The van der Waals surface area contributed by atoms with Gasteiger partial charge >= 0.3 is 6.18 Å². The van der Waals surface area contributed by atoms with Crippen molar-refractivity contribution in [3.8, 4) is 0 Å². The van der Waals surface area contributed by atoms with Crippen LogP contribution in [0.15, 0.2) is 36.7 Å². The Morgan fingerprint density at radius 3 is 2.45 bits per heavy atom. The number of nitrogens with one attached hydrogen (secondary N) is 1. The van der Waals surface area contributed by atoms with Gasteiger partial charge in [0.05, 0.1) is 11.1 Å². The van der Waals surface area contributed by atoms with Crippen LogP contribution in [-0.4, -0.2) is 15.9 Å². The van der Waals surface area contributed by atoms with E-state index < -0.39 is 17.6 Å². The van der Waals surface area contributed by atoms with Crippen LogP contribution in [0.3, 0.4) is 0 Å². The highest BCUT2D eigenvalue weighted by Crippen LogP contribution is 2.31. The molecule has 20 heavy (non-hydrogen) atoms. The van der Waals surface area contributed by atoms with Gasteiger partial charge in [0.25, 0.3) is 5.91 Å². The van der Waals surface area contributed by atoms with E-state index in [2.05, 4.69) is 15.3 Å². The zero-order chi connectivity index (χ0) is 14.8. The molecule has 2 aromatic rings. The quantitative estimate of drug-likeness (QED) is 0.828. The molecular formula is C12H9F3N4O. The molecule has 3 N–H and O–H groups in total. The summed E-state index contributed by atoms with van der Waals surface area (Å²) in [7, 11) is 0. The molecule has 8 heteroatoms. The van der Waals surface area contributed by atoms with Crippen molar-refractivity contribution in [2.75, 3.05) is 11.1 Å². The second kappa shape index (κ2) is 5.16. The number of nitrogens with zero attached hydrogens (tertiary/aromatic N) is 2. The van der Waals surface area contributed by atoms with Gasteiger partial charge in [-0.1, -0.05) is 0 Å². The van der Waals surface area contributed by atoms with Gasteiger partial charge in [-0.3, -0.25) is 10.1 Å². The lowest BCUT2D eigenvalue weighted by Gasteiger charge is -2.10. The fourth-order valence-corrected chi connectivity index (χ4v) is 1.46. The van der Waals surface area contributed by atoms with E-state index >= 15 is 0 Å². The molecule has 0 saturated carbocycles. The fourth-order valence-electron chi connectivity index (χ4n) is 1.46. The minimum absolute atomic E-state index is 0.0192. The van der Waals surface area contributed by atoms with Crippen molar-refractivity contribution in [1.29, 1.82) is 0 Å². The molecule has 5 nitrogen and oxygen atoms in total. The normalized spacial score (nSPS) is 11.2. The van der Waals surface area contributed by atoms with Crippen molar-refractivity contribution in [3.05, 3.63) is 47.8 Å². The summed E-state index contributed by atoms with van der Waals surface area (Å²) in [6.07, 6.45) is -1.78. The van der Waals surface area contributed by atoms with Gasteiger partial charge in [0.15, 0.2) is 0 Å². The minimum Gasteiger partial charge on any atom is -0.398 e. The molecule has 0 aliphatic rings. The van der Waals surface area contributed by atoms with Crippen molar-refractivity contribution in [1.82, 2.24) is 9.97 Å². The molecule has 0 radical (unpaired) electrons. The first-order valence-corrected chi connectivity index (χ1v) is 5.43. The molecule has 0 saturated heterocycles. The highest BCUT2D eigenvalue weighted by molar-refractivity contribution is 6.07. The Labute approximate surface area is 111 Å². The Balaban J connectivity index is 2.30. The number of hydrogen-bond donors (Lipinski definition) is 2. The van der Waals surface area contributed by atoms with Crippen molar-refractivity contribution >= 4 is 17.5 Å². The first-order chi connectivity index (χ1) is 9.38. The molecule has 0 spiro atoms. The Hall–Kier alpha value is -2.64. The second-order valence-electron chi connectivity index (χ2n) is 3.83. The third-order valence-corrected chi connectivity index (χ3v) is 2.42. The van der Waals surface area contributed by atoms with E-state index in [0.29, 0.717) is 6.07 Å². The Kier molecular flexibility index (Phi) is 3.55. The summed E-state index contributed by atoms with van der Waals surface area (Å²) in [5.41, 5.74) is 4.22. The number of amides is 1.